The molecule has 0 aliphatic rings. The molecule has 1 unspecified atom stereocenters. The highest BCUT2D eigenvalue weighted by Gasteiger charge is 2.30. The number of rotatable bonds is 6. The second-order valence-electron chi connectivity index (χ2n) is 5.86. The number of carbonyl (C=O) groups is 1. The first-order valence-corrected chi connectivity index (χ1v) is 8.23. The first-order chi connectivity index (χ1) is 13.2. The lowest BCUT2D eigenvalue weighted by Crippen LogP contribution is -2.28. The molecule has 8 heteroatoms. The molecular weight excluding hydrogens is 371 g/mol. The van der Waals surface area contributed by atoms with Gasteiger partial charge in [0.15, 0.2) is 0 Å². The molecule has 28 heavy (non-hydrogen) atoms. The number of anilines is 1. The molecule has 0 aromatic heterocycles. The van der Waals surface area contributed by atoms with Crippen LogP contribution in [0.15, 0.2) is 60.3 Å². The molecule has 0 bridgehead atoms. The van der Waals surface area contributed by atoms with Crippen LogP contribution >= 0.6 is 0 Å². The Kier molecular flexibility index (Phi) is 6.66. The van der Waals surface area contributed by atoms with Crippen molar-refractivity contribution in [3.63, 3.8) is 0 Å². The summed E-state index contributed by atoms with van der Waals surface area (Å²) in [6.45, 7) is 1.74. The van der Waals surface area contributed by atoms with Crippen molar-refractivity contribution in [1.82, 2.24) is 5.32 Å². The molecule has 0 spiro atoms. The van der Waals surface area contributed by atoms with Crippen LogP contribution in [-0.2, 0) is 11.0 Å². The minimum atomic E-state index is -4.48. The number of carbonyl (C=O) groups excluding carboxylic acids is 1. The van der Waals surface area contributed by atoms with Gasteiger partial charge in [0.1, 0.15) is 17.4 Å². The Morgan fingerprint density at radius 3 is 2.46 bits per heavy atom. The molecule has 146 valence electrons. The molecule has 1 atom stereocenters. The van der Waals surface area contributed by atoms with Gasteiger partial charge in [0.2, 0.25) is 0 Å². The minimum absolute atomic E-state index is 0.110. The Morgan fingerprint density at radius 2 is 1.89 bits per heavy atom. The van der Waals surface area contributed by atoms with Crippen LogP contribution in [0.1, 0.15) is 24.1 Å². The van der Waals surface area contributed by atoms with Gasteiger partial charge in [0.05, 0.1) is 18.7 Å². The summed E-state index contributed by atoms with van der Waals surface area (Å²) >= 11 is 0. The number of nitrogens with zero attached hydrogens (tertiary/aromatic N) is 1. The first kappa shape index (κ1) is 20.8. The van der Waals surface area contributed by atoms with Gasteiger partial charge >= 0.3 is 6.18 Å². The molecule has 0 aliphatic carbocycles. The van der Waals surface area contributed by atoms with Crippen molar-refractivity contribution in [3.8, 4) is 11.8 Å². The Hall–Kier alpha value is -3.47. The third kappa shape index (κ3) is 5.51. The van der Waals surface area contributed by atoms with Crippen LogP contribution in [0, 0.1) is 11.3 Å². The number of amides is 1. The summed E-state index contributed by atoms with van der Waals surface area (Å²) in [4.78, 5) is 12.3. The lowest BCUT2D eigenvalue weighted by Gasteiger charge is -2.14. The second-order valence-corrected chi connectivity index (χ2v) is 5.86. The van der Waals surface area contributed by atoms with Gasteiger partial charge in [-0.05, 0) is 42.8 Å². The molecule has 0 fully saturated rings. The number of alkyl halides is 3. The van der Waals surface area contributed by atoms with Crippen LogP contribution in [0.25, 0.3) is 0 Å². The van der Waals surface area contributed by atoms with E-state index in [-0.39, 0.29) is 17.3 Å². The SMILES string of the molecule is COc1ccc(C(C)NC(=O)/C(C#N)=C\Nc2cccc(C(F)(F)F)c2)cc1. The van der Waals surface area contributed by atoms with Gasteiger partial charge in [0.25, 0.3) is 5.91 Å². The summed E-state index contributed by atoms with van der Waals surface area (Å²) in [5, 5.41) is 14.4. The number of nitriles is 1. The van der Waals surface area contributed by atoms with Crippen molar-refractivity contribution in [2.75, 3.05) is 12.4 Å². The third-order valence-corrected chi connectivity index (χ3v) is 3.90. The number of halogens is 3. The zero-order valence-corrected chi connectivity index (χ0v) is 15.2. The predicted molar refractivity (Wildman–Crippen MR) is 98.3 cm³/mol. The maximum atomic E-state index is 12.7. The van der Waals surface area contributed by atoms with E-state index in [0.717, 1.165) is 23.9 Å². The van der Waals surface area contributed by atoms with E-state index in [1.165, 1.54) is 12.1 Å². The van der Waals surface area contributed by atoms with Crippen molar-refractivity contribution < 1.29 is 22.7 Å². The van der Waals surface area contributed by atoms with Crippen molar-refractivity contribution in [3.05, 3.63) is 71.4 Å². The van der Waals surface area contributed by atoms with Gasteiger partial charge in [-0.25, -0.2) is 0 Å². The molecule has 2 aromatic carbocycles. The molecule has 1 amide bonds. The average Bonchev–Trinajstić information content (AvgIpc) is 2.68. The molecule has 0 radical (unpaired) electrons. The lowest BCUT2D eigenvalue weighted by molar-refractivity contribution is -0.137. The molecule has 2 aromatic rings. The predicted octanol–water partition coefficient (Wildman–Crippen LogP) is 4.41. The smallest absolute Gasteiger partial charge is 0.416 e. The number of benzene rings is 2. The van der Waals surface area contributed by atoms with Gasteiger partial charge in [0, 0.05) is 11.9 Å². The third-order valence-electron chi connectivity index (χ3n) is 3.90. The van der Waals surface area contributed by atoms with Crippen molar-refractivity contribution in [1.29, 1.82) is 5.26 Å². The number of ether oxygens (including phenoxy) is 1. The lowest BCUT2D eigenvalue weighted by atomic mass is 10.1. The zero-order valence-electron chi connectivity index (χ0n) is 15.2. The molecule has 0 saturated heterocycles. The van der Waals surface area contributed by atoms with E-state index in [1.807, 2.05) is 0 Å². The fourth-order valence-electron chi connectivity index (χ4n) is 2.34. The zero-order chi connectivity index (χ0) is 20.7. The van der Waals surface area contributed by atoms with E-state index in [2.05, 4.69) is 10.6 Å². The van der Waals surface area contributed by atoms with Crippen LogP contribution < -0.4 is 15.4 Å². The summed E-state index contributed by atoms with van der Waals surface area (Å²) in [7, 11) is 1.54. The molecule has 2 rings (SSSR count). The van der Waals surface area contributed by atoms with Gasteiger partial charge in [-0.2, -0.15) is 18.4 Å². The number of methoxy groups -OCH3 is 1. The molecule has 5 nitrogen and oxygen atoms in total. The van der Waals surface area contributed by atoms with Gasteiger partial charge < -0.3 is 15.4 Å². The van der Waals surface area contributed by atoms with E-state index in [4.69, 9.17) is 4.74 Å². The maximum absolute atomic E-state index is 12.7. The van der Waals surface area contributed by atoms with Gasteiger partial charge in [-0.1, -0.05) is 18.2 Å². The summed E-state index contributed by atoms with van der Waals surface area (Å²) < 4.78 is 43.3. The second kappa shape index (κ2) is 8.95. The minimum Gasteiger partial charge on any atom is -0.497 e. The summed E-state index contributed by atoms with van der Waals surface area (Å²) in [5.41, 5.74) is -0.185. The molecule has 0 aliphatic heterocycles. The summed E-state index contributed by atoms with van der Waals surface area (Å²) in [5.74, 6) is 0.0236. The van der Waals surface area contributed by atoms with Gasteiger partial charge in [-0.15, -0.1) is 0 Å². The first-order valence-electron chi connectivity index (χ1n) is 8.23. The standard InChI is InChI=1S/C20H18F3N3O2/c1-13(14-6-8-18(28-2)9-7-14)26-19(27)15(11-24)12-25-17-5-3-4-16(10-17)20(21,22)23/h3-10,12-13,25H,1-2H3,(H,26,27)/b15-12-. The normalized spacial score (nSPS) is 12.6. The Bertz CT molecular complexity index is 900. The Labute approximate surface area is 160 Å². The van der Waals surface area contributed by atoms with E-state index in [0.29, 0.717) is 5.75 Å². The number of hydrogen-bond acceptors (Lipinski definition) is 4. The Balaban J connectivity index is 2.07. The average molecular weight is 389 g/mol. The largest absolute Gasteiger partial charge is 0.497 e. The highest BCUT2D eigenvalue weighted by atomic mass is 19.4. The molecular formula is C20H18F3N3O2. The molecule has 0 saturated carbocycles. The van der Waals surface area contributed by atoms with E-state index < -0.39 is 17.6 Å². The molecule has 2 N–H and O–H groups in total. The van der Waals surface area contributed by atoms with Crippen LogP contribution in [0.4, 0.5) is 18.9 Å². The fraction of sp³-hybridized carbons (Fsp3) is 0.200. The number of nitrogens with one attached hydrogen (secondary N) is 2. The fourth-order valence-corrected chi connectivity index (χ4v) is 2.34. The summed E-state index contributed by atoms with van der Waals surface area (Å²) in [6.07, 6.45) is -3.41. The maximum Gasteiger partial charge on any atom is 0.416 e. The highest BCUT2D eigenvalue weighted by molar-refractivity contribution is 5.97. The van der Waals surface area contributed by atoms with E-state index in [9.17, 15) is 23.2 Å². The van der Waals surface area contributed by atoms with Crippen LogP contribution in [0.5, 0.6) is 5.75 Å². The van der Waals surface area contributed by atoms with Crippen molar-refractivity contribution in [2.45, 2.75) is 19.1 Å². The quantitative estimate of drug-likeness (QED) is 0.567. The van der Waals surface area contributed by atoms with E-state index >= 15 is 0 Å². The van der Waals surface area contributed by atoms with Gasteiger partial charge in [-0.3, -0.25) is 4.79 Å². The van der Waals surface area contributed by atoms with E-state index in [1.54, 1.807) is 44.4 Å². The molecule has 0 heterocycles. The topological polar surface area (TPSA) is 74.1 Å². The Morgan fingerprint density at radius 1 is 1.21 bits per heavy atom. The highest BCUT2D eigenvalue weighted by Crippen LogP contribution is 2.30. The summed E-state index contributed by atoms with van der Waals surface area (Å²) in [6, 6.07) is 12.9. The van der Waals surface area contributed by atoms with Crippen LogP contribution in [0.2, 0.25) is 0 Å². The monoisotopic (exact) mass is 389 g/mol. The number of hydrogen-bond donors (Lipinski definition) is 2. The van der Waals surface area contributed by atoms with Crippen LogP contribution in [0.3, 0.4) is 0 Å². The van der Waals surface area contributed by atoms with Crippen LogP contribution in [-0.4, -0.2) is 13.0 Å². The van der Waals surface area contributed by atoms with Crippen molar-refractivity contribution in [2.24, 2.45) is 0 Å². The van der Waals surface area contributed by atoms with Crippen molar-refractivity contribution >= 4 is 11.6 Å².